The van der Waals surface area contributed by atoms with E-state index in [2.05, 4.69) is 6.07 Å². The van der Waals surface area contributed by atoms with E-state index in [4.69, 9.17) is 18.9 Å². The lowest BCUT2D eigenvalue weighted by Crippen LogP contribution is -2.36. The Kier molecular flexibility index (Phi) is 4.70. The SMILES string of the molecule is COc1ccccc1OCC(=O)N(Cc1c2c(cc3c1OCC3)OCC2)C1CC1. The quantitative estimate of drug-likeness (QED) is 0.721. The molecule has 2 heterocycles. The van der Waals surface area contributed by atoms with Gasteiger partial charge in [0.25, 0.3) is 5.91 Å². The molecule has 0 bridgehead atoms. The van der Waals surface area contributed by atoms with Gasteiger partial charge in [-0.2, -0.15) is 0 Å². The minimum atomic E-state index is -0.0123. The number of benzene rings is 2. The van der Waals surface area contributed by atoms with E-state index in [0.29, 0.717) is 31.3 Å². The molecule has 0 spiro atoms. The first-order valence-corrected chi connectivity index (χ1v) is 10.2. The van der Waals surface area contributed by atoms with Crippen LogP contribution in [0, 0.1) is 0 Å². The minimum Gasteiger partial charge on any atom is -0.493 e. The minimum absolute atomic E-state index is 0.00849. The summed E-state index contributed by atoms with van der Waals surface area (Å²) in [6.07, 6.45) is 3.84. The van der Waals surface area contributed by atoms with Crippen molar-refractivity contribution in [2.45, 2.75) is 38.3 Å². The van der Waals surface area contributed by atoms with Crippen molar-refractivity contribution in [2.24, 2.45) is 0 Å². The molecule has 0 unspecified atom stereocenters. The Morgan fingerprint density at radius 3 is 2.72 bits per heavy atom. The predicted molar refractivity (Wildman–Crippen MR) is 107 cm³/mol. The molecule has 0 aromatic heterocycles. The first kappa shape index (κ1) is 18.2. The Labute approximate surface area is 170 Å². The lowest BCUT2D eigenvalue weighted by Gasteiger charge is -2.25. The van der Waals surface area contributed by atoms with Gasteiger partial charge in [0.1, 0.15) is 11.5 Å². The number of ether oxygens (including phenoxy) is 4. The number of carbonyl (C=O) groups is 1. The highest BCUT2D eigenvalue weighted by molar-refractivity contribution is 5.79. The third-order valence-electron chi connectivity index (χ3n) is 5.82. The molecule has 3 aliphatic rings. The van der Waals surface area contributed by atoms with Gasteiger partial charge in [0, 0.05) is 35.6 Å². The lowest BCUT2D eigenvalue weighted by molar-refractivity contribution is -0.134. The summed E-state index contributed by atoms with van der Waals surface area (Å²) in [6, 6.07) is 9.78. The van der Waals surface area contributed by atoms with Gasteiger partial charge in [-0.05, 0) is 31.0 Å². The zero-order valence-electron chi connectivity index (χ0n) is 16.6. The summed E-state index contributed by atoms with van der Waals surface area (Å²) >= 11 is 0. The van der Waals surface area contributed by atoms with Crippen LogP contribution in [-0.2, 0) is 24.2 Å². The maximum atomic E-state index is 13.1. The molecule has 2 aliphatic heterocycles. The number of nitrogens with zero attached hydrogens (tertiary/aromatic N) is 1. The summed E-state index contributed by atoms with van der Waals surface area (Å²) in [4.78, 5) is 15.0. The second-order valence-corrected chi connectivity index (χ2v) is 7.71. The van der Waals surface area contributed by atoms with Crippen molar-refractivity contribution in [1.82, 2.24) is 4.90 Å². The van der Waals surface area contributed by atoms with Crippen LogP contribution in [-0.4, -0.2) is 43.8 Å². The monoisotopic (exact) mass is 395 g/mol. The van der Waals surface area contributed by atoms with Crippen molar-refractivity contribution in [3.8, 4) is 23.0 Å². The molecule has 1 fully saturated rings. The standard InChI is InChI=1S/C23H25NO5/c1-26-19-4-2-3-5-20(19)29-14-22(25)24(16-6-7-16)13-18-17-9-11-27-21(17)12-15-8-10-28-23(15)18/h2-5,12,16H,6-11,13-14H2,1H3. The Morgan fingerprint density at radius 1 is 1.14 bits per heavy atom. The van der Waals surface area contributed by atoms with Gasteiger partial charge in [0.15, 0.2) is 18.1 Å². The zero-order valence-corrected chi connectivity index (χ0v) is 16.6. The van der Waals surface area contributed by atoms with Crippen LogP contribution in [0.25, 0.3) is 0 Å². The molecule has 29 heavy (non-hydrogen) atoms. The molecule has 2 aromatic rings. The van der Waals surface area contributed by atoms with E-state index in [1.807, 2.05) is 29.2 Å². The maximum Gasteiger partial charge on any atom is 0.261 e. The number of carbonyl (C=O) groups excluding carboxylic acids is 1. The normalized spacial score (nSPS) is 16.4. The average molecular weight is 395 g/mol. The molecule has 6 nitrogen and oxygen atoms in total. The van der Waals surface area contributed by atoms with E-state index in [9.17, 15) is 4.79 Å². The smallest absolute Gasteiger partial charge is 0.261 e. The van der Waals surface area contributed by atoms with Crippen molar-refractivity contribution in [2.75, 3.05) is 26.9 Å². The average Bonchev–Trinajstić information content (AvgIpc) is 3.28. The second-order valence-electron chi connectivity index (χ2n) is 7.71. The molecule has 152 valence electrons. The number of fused-ring (bicyclic) bond motifs is 2. The van der Waals surface area contributed by atoms with Crippen LogP contribution in [0.4, 0.5) is 0 Å². The zero-order chi connectivity index (χ0) is 19.8. The van der Waals surface area contributed by atoms with E-state index in [1.165, 1.54) is 11.1 Å². The second kappa shape index (κ2) is 7.50. The predicted octanol–water partition coefficient (Wildman–Crippen LogP) is 3.14. The van der Waals surface area contributed by atoms with Crippen molar-refractivity contribution < 1.29 is 23.7 Å². The third kappa shape index (κ3) is 3.48. The highest BCUT2D eigenvalue weighted by Gasteiger charge is 2.36. The van der Waals surface area contributed by atoms with Crippen LogP contribution in [0.15, 0.2) is 30.3 Å². The number of hydrogen-bond donors (Lipinski definition) is 0. The van der Waals surface area contributed by atoms with Crippen molar-refractivity contribution in [3.63, 3.8) is 0 Å². The largest absolute Gasteiger partial charge is 0.493 e. The Hall–Kier alpha value is -2.89. The molecule has 0 saturated heterocycles. The topological polar surface area (TPSA) is 57.2 Å². The Morgan fingerprint density at radius 2 is 1.93 bits per heavy atom. The van der Waals surface area contributed by atoms with Gasteiger partial charge in [0.2, 0.25) is 0 Å². The summed E-state index contributed by atoms with van der Waals surface area (Å²) in [5, 5.41) is 0. The molecule has 0 radical (unpaired) electrons. The van der Waals surface area contributed by atoms with Crippen molar-refractivity contribution in [3.05, 3.63) is 47.0 Å². The van der Waals surface area contributed by atoms with Crippen LogP contribution in [0.5, 0.6) is 23.0 Å². The summed E-state index contributed by atoms with van der Waals surface area (Å²) in [5.74, 6) is 3.11. The number of para-hydroxylation sites is 2. The van der Waals surface area contributed by atoms with Crippen LogP contribution in [0.2, 0.25) is 0 Å². The molecule has 1 aliphatic carbocycles. The van der Waals surface area contributed by atoms with Gasteiger partial charge in [0.05, 0.1) is 26.9 Å². The molecular formula is C23H25NO5. The lowest BCUT2D eigenvalue weighted by atomic mass is 9.99. The summed E-state index contributed by atoms with van der Waals surface area (Å²) in [6.45, 7) is 1.93. The van der Waals surface area contributed by atoms with Gasteiger partial charge in [-0.15, -0.1) is 0 Å². The molecule has 2 aromatic carbocycles. The highest BCUT2D eigenvalue weighted by Crippen LogP contribution is 2.42. The highest BCUT2D eigenvalue weighted by atomic mass is 16.5. The maximum absolute atomic E-state index is 13.1. The van der Waals surface area contributed by atoms with E-state index < -0.39 is 0 Å². The fourth-order valence-electron chi connectivity index (χ4n) is 4.19. The molecule has 6 heteroatoms. The summed E-state index contributed by atoms with van der Waals surface area (Å²) < 4.78 is 22.9. The Bertz CT molecular complexity index is 905. The Balaban J connectivity index is 1.36. The van der Waals surface area contributed by atoms with Crippen molar-refractivity contribution >= 4 is 5.91 Å². The van der Waals surface area contributed by atoms with Gasteiger partial charge in [-0.25, -0.2) is 0 Å². The summed E-state index contributed by atoms with van der Waals surface area (Å²) in [5.41, 5.74) is 3.49. The molecule has 1 saturated carbocycles. The fourth-order valence-corrected chi connectivity index (χ4v) is 4.19. The molecule has 0 N–H and O–H groups in total. The molecule has 5 rings (SSSR count). The van der Waals surface area contributed by atoms with Crippen molar-refractivity contribution in [1.29, 1.82) is 0 Å². The van der Waals surface area contributed by atoms with E-state index in [0.717, 1.165) is 42.7 Å². The number of hydrogen-bond acceptors (Lipinski definition) is 5. The van der Waals surface area contributed by atoms with E-state index >= 15 is 0 Å². The third-order valence-corrected chi connectivity index (χ3v) is 5.82. The van der Waals surface area contributed by atoms with E-state index in [1.54, 1.807) is 7.11 Å². The van der Waals surface area contributed by atoms with Gasteiger partial charge < -0.3 is 23.8 Å². The molecular weight excluding hydrogens is 370 g/mol. The first-order valence-electron chi connectivity index (χ1n) is 10.2. The van der Waals surface area contributed by atoms with Gasteiger partial charge in [-0.1, -0.05) is 12.1 Å². The number of methoxy groups -OCH3 is 1. The van der Waals surface area contributed by atoms with Crippen LogP contribution in [0.3, 0.4) is 0 Å². The van der Waals surface area contributed by atoms with Crippen LogP contribution in [0.1, 0.15) is 29.5 Å². The van der Waals surface area contributed by atoms with Gasteiger partial charge in [-0.3, -0.25) is 4.79 Å². The molecule has 0 atom stereocenters. The van der Waals surface area contributed by atoms with Gasteiger partial charge >= 0.3 is 0 Å². The van der Waals surface area contributed by atoms with Crippen LogP contribution >= 0.6 is 0 Å². The molecule has 1 amide bonds. The number of rotatable bonds is 7. The number of amides is 1. The fraction of sp³-hybridized carbons (Fsp3) is 0.435. The van der Waals surface area contributed by atoms with E-state index in [-0.39, 0.29) is 18.6 Å². The summed E-state index contributed by atoms with van der Waals surface area (Å²) in [7, 11) is 1.60. The first-order chi connectivity index (χ1) is 14.2. The van der Waals surface area contributed by atoms with Crippen LogP contribution < -0.4 is 18.9 Å².